The molecule has 1 aliphatic heterocycles. The van der Waals surface area contributed by atoms with Gasteiger partial charge in [-0.15, -0.1) is 0 Å². The molecule has 0 saturated carbocycles. The number of nitrogens with zero attached hydrogens (tertiary/aromatic N) is 2. The van der Waals surface area contributed by atoms with Crippen LogP contribution in [0.5, 0.6) is 0 Å². The number of hydrogen-bond donors (Lipinski definition) is 1. The second-order valence-corrected chi connectivity index (χ2v) is 7.38. The molecule has 1 saturated heterocycles. The van der Waals surface area contributed by atoms with Crippen LogP contribution < -0.4 is 10.2 Å². The fraction of sp³-hybridized carbons (Fsp3) is 0.391. The van der Waals surface area contributed by atoms with E-state index in [2.05, 4.69) is 16.3 Å². The highest BCUT2D eigenvalue weighted by molar-refractivity contribution is 5.90. The summed E-state index contributed by atoms with van der Waals surface area (Å²) in [6.45, 7) is 7.16. The average molecular weight is 380 g/mol. The van der Waals surface area contributed by atoms with E-state index in [1.54, 1.807) is 0 Å². The molecule has 2 amide bonds. The van der Waals surface area contributed by atoms with Gasteiger partial charge in [-0.2, -0.15) is 0 Å². The lowest BCUT2D eigenvalue weighted by atomic mass is 10.1. The molecule has 0 unspecified atom stereocenters. The number of hydrogen-bond acceptors (Lipinski definition) is 3. The van der Waals surface area contributed by atoms with Crippen molar-refractivity contribution >= 4 is 23.2 Å². The van der Waals surface area contributed by atoms with E-state index in [0.29, 0.717) is 12.8 Å². The third-order valence-electron chi connectivity index (χ3n) is 5.06. The van der Waals surface area contributed by atoms with Crippen molar-refractivity contribution in [2.24, 2.45) is 0 Å². The maximum Gasteiger partial charge on any atom is 0.227 e. The smallest absolute Gasteiger partial charge is 0.227 e. The van der Waals surface area contributed by atoms with Crippen LogP contribution >= 0.6 is 0 Å². The summed E-state index contributed by atoms with van der Waals surface area (Å²) in [7, 11) is 0. The first-order valence-electron chi connectivity index (χ1n) is 10.0. The number of rotatable bonds is 6. The molecule has 0 radical (unpaired) electrons. The Kier molecular flexibility index (Phi) is 6.69. The van der Waals surface area contributed by atoms with E-state index < -0.39 is 0 Å². The lowest BCUT2D eigenvalue weighted by Crippen LogP contribution is -2.49. The monoisotopic (exact) mass is 379 g/mol. The number of nitrogens with one attached hydrogen (secondary N) is 1. The minimum Gasteiger partial charge on any atom is -0.368 e. The maximum absolute atomic E-state index is 12.6. The van der Waals surface area contributed by atoms with Gasteiger partial charge in [0.05, 0.1) is 6.42 Å². The predicted molar refractivity (Wildman–Crippen MR) is 114 cm³/mol. The van der Waals surface area contributed by atoms with Gasteiger partial charge in [-0.1, -0.05) is 36.8 Å². The van der Waals surface area contributed by atoms with E-state index in [0.717, 1.165) is 49.5 Å². The maximum atomic E-state index is 12.6. The number of anilines is 2. The summed E-state index contributed by atoms with van der Waals surface area (Å²) >= 11 is 0. The third kappa shape index (κ3) is 5.35. The van der Waals surface area contributed by atoms with Crippen LogP contribution in [0.1, 0.15) is 30.9 Å². The van der Waals surface area contributed by atoms with Crippen molar-refractivity contribution in [3.05, 3.63) is 59.7 Å². The van der Waals surface area contributed by atoms with Gasteiger partial charge in [0.1, 0.15) is 0 Å². The highest BCUT2D eigenvalue weighted by atomic mass is 16.2. The lowest BCUT2D eigenvalue weighted by molar-refractivity contribution is -0.130. The predicted octanol–water partition coefficient (Wildman–Crippen LogP) is 3.62. The third-order valence-corrected chi connectivity index (χ3v) is 5.06. The van der Waals surface area contributed by atoms with Gasteiger partial charge < -0.3 is 15.1 Å². The zero-order chi connectivity index (χ0) is 19.9. The highest BCUT2D eigenvalue weighted by Gasteiger charge is 2.21. The second-order valence-electron chi connectivity index (χ2n) is 7.38. The first kappa shape index (κ1) is 19.9. The summed E-state index contributed by atoms with van der Waals surface area (Å²) in [4.78, 5) is 28.5. The van der Waals surface area contributed by atoms with Crippen LogP contribution in [0.3, 0.4) is 0 Å². The number of carbonyl (C=O) groups excluding carboxylic acids is 2. The van der Waals surface area contributed by atoms with Crippen LogP contribution in [0, 0.1) is 6.92 Å². The number of carbonyl (C=O) groups is 2. The molecule has 0 bridgehead atoms. The Labute approximate surface area is 167 Å². The summed E-state index contributed by atoms with van der Waals surface area (Å²) in [5.74, 6) is 0.246. The van der Waals surface area contributed by atoms with Gasteiger partial charge in [-0.05, 0) is 43.2 Å². The molecule has 0 atom stereocenters. The van der Waals surface area contributed by atoms with Crippen molar-refractivity contribution in [2.45, 2.75) is 33.1 Å². The van der Waals surface area contributed by atoms with Crippen LogP contribution in [0.15, 0.2) is 48.5 Å². The minimum absolute atomic E-state index is 0.0518. The Balaban J connectivity index is 1.50. The van der Waals surface area contributed by atoms with Crippen molar-refractivity contribution < 1.29 is 9.59 Å². The Morgan fingerprint density at radius 1 is 1.00 bits per heavy atom. The Hall–Kier alpha value is -2.82. The Bertz CT molecular complexity index is 809. The molecule has 1 N–H and O–H groups in total. The fourth-order valence-electron chi connectivity index (χ4n) is 3.53. The standard InChI is InChI=1S/C23H29N3O2/c1-3-5-22(27)24-20-8-10-21(11-9-20)25-12-14-26(15-13-25)23(28)17-19-7-4-6-18(2)16-19/h4,6-11,16H,3,5,12-15,17H2,1-2H3,(H,24,27). The van der Waals surface area contributed by atoms with Gasteiger partial charge in [0.15, 0.2) is 0 Å². The molecule has 3 rings (SSSR count). The molecule has 5 heteroatoms. The molecule has 5 nitrogen and oxygen atoms in total. The molecule has 1 fully saturated rings. The topological polar surface area (TPSA) is 52.7 Å². The van der Waals surface area contributed by atoms with Crippen molar-refractivity contribution in [1.29, 1.82) is 0 Å². The zero-order valence-electron chi connectivity index (χ0n) is 16.8. The van der Waals surface area contributed by atoms with Gasteiger partial charge in [0.25, 0.3) is 0 Å². The first-order valence-corrected chi connectivity index (χ1v) is 10.0. The molecule has 148 valence electrons. The number of benzene rings is 2. The normalized spacial score (nSPS) is 14.1. The van der Waals surface area contributed by atoms with Crippen molar-refractivity contribution in [3.8, 4) is 0 Å². The molecule has 0 spiro atoms. The number of aryl methyl sites for hydroxylation is 1. The van der Waals surface area contributed by atoms with Gasteiger partial charge >= 0.3 is 0 Å². The first-order chi connectivity index (χ1) is 13.5. The molecule has 2 aromatic carbocycles. The van der Waals surface area contributed by atoms with Crippen LogP contribution in [0.2, 0.25) is 0 Å². The minimum atomic E-state index is 0.0518. The van der Waals surface area contributed by atoms with E-state index in [9.17, 15) is 9.59 Å². The van der Waals surface area contributed by atoms with E-state index in [1.165, 1.54) is 5.56 Å². The summed E-state index contributed by atoms with van der Waals surface area (Å²) in [6.07, 6.45) is 1.85. The molecule has 0 aliphatic carbocycles. The number of amides is 2. The summed E-state index contributed by atoms with van der Waals surface area (Å²) in [5, 5.41) is 2.91. The Morgan fingerprint density at radius 2 is 1.71 bits per heavy atom. The van der Waals surface area contributed by atoms with Gasteiger partial charge in [0.2, 0.25) is 11.8 Å². The van der Waals surface area contributed by atoms with E-state index in [-0.39, 0.29) is 11.8 Å². The zero-order valence-corrected chi connectivity index (χ0v) is 16.8. The molecular formula is C23H29N3O2. The summed E-state index contributed by atoms with van der Waals surface area (Å²) in [5.41, 5.74) is 4.21. The van der Waals surface area contributed by atoms with Gasteiger partial charge in [0, 0.05) is 44.0 Å². The van der Waals surface area contributed by atoms with E-state index >= 15 is 0 Å². The van der Waals surface area contributed by atoms with Crippen molar-refractivity contribution in [1.82, 2.24) is 4.90 Å². The second kappa shape index (κ2) is 9.40. The molecule has 1 heterocycles. The molecule has 2 aromatic rings. The largest absolute Gasteiger partial charge is 0.368 e. The highest BCUT2D eigenvalue weighted by Crippen LogP contribution is 2.20. The van der Waals surface area contributed by atoms with Gasteiger partial charge in [-0.25, -0.2) is 0 Å². The van der Waals surface area contributed by atoms with Crippen LogP contribution in [-0.2, 0) is 16.0 Å². The Morgan fingerprint density at radius 3 is 2.36 bits per heavy atom. The SMILES string of the molecule is CCCC(=O)Nc1ccc(N2CCN(C(=O)Cc3cccc(C)c3)CC2)cc1. The van der Waals surface area contributed by atoms with Crippen LogP contribution in [0.25, 0.3) is 0 Å². The van der Waals surface area contributed by atoms with Gasteiger partial charge in [-0.3, -0.25) is 9.59 Å². The van der Waals surface area contributed by atoms with Crippen LogP contribution in [0.4, 0.5) is 11.4 Å². The van der Waals surface area contributed by atoms with Crippen LogP contribution in [-0.4, -0.2) is 42.9 Å². The summed E-state index contributed by atoms with van der Waals surface area (Å²) < 4.78 is 0. The molecule has 28 heavy (non-hydrogen) atoms. The molecule has 1 aliphatic rings. The molecular weight excluding hydrogens is 350 g/mol. The quantitative estimate of drug-likeness (QED) is 0.834. The van der Waals surface area contributed by atoms with Crippen molar-refractivity contribution in [3.63, 3.8) is 0 Å². The average Bonchev–Trinajstić information content (AvgIpc) is 2.69. The van der Waals surface area contributed by atoms with E-state index in [4.69, 9.17) is 0 Å². The van der Waals surface area contributed by atoms with E-state index in [1.807, 2.05) is 61.2 Å². The van der Waals surface area contributed by atoms with Crippen molar-refractivity contribution in [2.75, 3.05) is 36.4 Å². The fourth-order valence-corrected chi connectivity index (χ4v) is 3.53. The molecule has 0 aromatic heterocycles. The lowest BCUT2D eigenvalue weighted by Gasteiger charge is -2.36. The number of piperazine rings is 1. The summed E-state index contributed by atoms with van der Waals surface area (Å²) in [6, 6.07) is 16.1.